The molecule has 0 saturated heterocycles. The number of benzene rings is 1. The van der Waals surface area contributed by atoms with Crippen LogP contribution in [0.25, 0.3) is 10.2 Å². The maximum absolute atomic E-state index is 12.6. The molecular weight excluding hydrogens is 352 g/mol. The zero-order valence-corrected chi connectivity index (χ0v) is 15.7. The summed E-state index contributed by atoms with van der Waals surface area (Å²) in [5.74, 6) is -0.750. The van der Waals surface area contributed by atoms with E-state index < -0.39 is 0 Å². The number of aromatic nitrogens is 1. The van der Waals surface area contributed by atoms with Crippen molar-refractivity contribution in [1.29, 1.82) is 0 Å². The summed E-state index contributed by atoms with van der Waals surface area (Å²) in [5.41, 5.74) is 0.975. The van der Waals surface area contributed by atoms with Gasteiger partial charge in [0.1, 0.15) is 0 Å². The van der Waals surface area contributed by atoms with Gasteiger partial charge >= 0.3 is 5.97 Å². The van der Waals surface area contributed by atoms with Gasteiger partial charge in [0.15, 0.2) is 6.61 Å². The average Bonchev–Trinajstić information content (AvgIpc) is 3.10. The van der Waals surface area contributed by atoms with Crippen LogP contribution in [0.3, 0.4) is 0 Å². The summed E-state index contributed by atoms with van der Waals surface area (Å²) in [6.45, 7) is 0.595. The lowest BCUT2D eigenvalue weighted by Crippen LogP contribution is -2.34. The average molecular weight is 376 g/mol. The summed E-state index contributed by atoms with van der Waals surface area (Å²) in [5, 5.41) is 3.65. The lowest BCUT2D eigenvalue weighted by Gasteiger charge is -2.28. The number of para-hydroxylation sites is 1. The zero-order valence-electron chi connectivity index (χ0n) is 14.9. The molecule has 0 bridgehead atoms. The number of amides is 1. The lowest BCUT2D eigenvalue weighted by molar-refractivity contribution is -0.154. The van der Waals surface area contributed by atoms with Crippen LogP contribution in [-0.2, 0) is 19.1 Å². The molecule has 6 nitrogen and oxygen atoms in total. The number of ether oxygens (including phenoxy) is 2. The number of methoxy groups -OCH3 is 1. The lowest BCUT2D eigenvalue weighted by atomic mass is 9.79. The topological polar surface area (TPSA) is 77.5 Å². The van der Waals surface area contributed by atoms with E-state index in [0.29, 0.717) is 13.2 Å². The van der Waals surface area contributed by atoms with Crippen molar-refractivity contribution in [1.82, 2.24) is 10.3 Å². The summed E-state index contributed by atoms with van der Waals surface area (Å²) >= 11 is 1.65. The van der Waals surface area contributed by atoms with Gasteiger partial charge in [0.25, 0.3) is 5.91 Å². The number of nitrogens with zero attached hydrogens (tertiary/aromatic N) is 1. The van der Waals surface area contributed by atoms with Crippen LogP contribution in [-0.4, -0.2) is 43.7 Å². The largest absolute Gasteiger partial charge is 0.455 e. The number of rotatable bonds is 7. The molecule has 1 aliphatic carbocycles. The highest BCUT2D eigenvalue weighted by Gasteiger charge is 2.35. The minimum atomic E-state index is -0.303. The SMILES string of the molecule is COCCNC(=O)COC(=O)[C@@H]1CCCC[C@H]1c1nc2ccccc2s1. The third-order valence-corrected chi connectivity index (χ3v) is 5.84. The highest BCUT2D eigenvalue weighted by atomic mass is 32.1. The second-order valence-corrected chi connectivity index (χ2v) is 7.53. The molecule has 3 rings (SSSR count). The van der Waals surface area contributed by atoms with Gasteiger partial charge in [0.2, 0.25) is 0 Å². The van der Waals surface area contributed by atoms with E-state index >= 15 is 0 Å². The monoisotopic (exact) mass is 376 g/mol. The van der Waals surface area contributed by atoms with Crippen molar-refractivity contribution >= 4 is 33.4 Å². The first-order chi connectivity index (χ1) is 12.7. The molecule has 1 saturated carbocycles. The molecule has 2 atom stereocenters. The van der Waals surface area contributed by atoms with Gasteiger partial charge in [-0.15, -0.1) is 11.3 Å². The molecular formula is C19H24N2O4S. The number of hydrogen-bond acceptors (Lipinski definition) is 6. The Balaban J connectivity index is 1.62. The predicted octanol–water partition coefficient (Wildman–Crippen LogP) is 2.88. The van der Waals surface area contributed by atoms with Crippen LogP contribution >= 0.6 is 11.3 Å². The fraction of sp³-hybridized carbons (Fsp3) is 0.526. The van der Waals surface area contributed by atoms with Crippen LogP contribution in [0, 0.1) is 5.92 Å². The summed E-state index contributed by atoms with van der Waals surface area (Å²) < 4.78 is 11.3. The minimum absolute atomic E-state index is 0.0743. The number of carbonyl (C=O) groups is 2. The van der Waals surface area contributed by atoms with E-state index in [9.17, 15) is 9.59 Å². The molecule has 0 unspecified atom stereocenters. The number of fused-ring (bicyclic) bond motifs is 1. The molecule has 0 spiro atoms. The first kappa shape index (κ1) is 18.8. The van der Waals surface area contributed by atoms with Crippen LogP contribution in [0.1, 0.15) is 36.6 Å². The van der Waals surface area contributed by atoms with Crippen molar-refractivity contribution in [3.05, 3.63) is 29.3 Å². The van der Waals surface area contributed by atoms with Crippen LogP contribution in [0.4, 0.5) is 0 Å². The van der Waals surface area contributed by atoms with E-state index in [4.69, 9.17) is 14.5 Å². The van der Waals surface area contributed by atoms with Crippen LogP contribution < -0.4 is 5.32 Å². The number of thiazole rings is 1. The molecule has 26 heavy (non-hydrogen) atoms. The Hall–Kier alpha value is -1.99. The summed E-state index contributed by atoms with van der Waals surface area (Å²) in [7, 11) is 1.57. The van der Waals surface area contributed by atoms with Crippen LogP contribution in [0.2, 0.25) is 0 Å². The molecule has 0 radical (unpaired) electrons. The van der Waals surface area contributed by atoms with Crippen molar-refractivity contribution in [3.8, 4) is 0 Å². The molecule has 1 aromatic carbocycles. The first-order valence-electron chi connectivity index (χ1n) is 8.97. The zero-order chi connectivity index (χ0) is 18.4. The van der Waals surface area contributed by atoms with Gasteiger partial charge in [0.05, 0.1) is 27.7 Å². The van der Waals surface area contributed by atoms with Crippen molar-refractivity contribution in [3.63, 3.8) is 0 Å². The van der Waals surface area contributed by atoms with Crippen LogP contribution in [0.15, 0.2) is 24.3 Å². The molecule has 1 aromatic heterocycles. The molecule has 1 fully saturated rings. The van der Waals surface area contributed by atoms with Crippen molar-refractivity contribution in [2.24, 2.45) is 5.92 Å². The molecule has 140 valence electrons. The normalized spacial score (nSPS) is 20.0. The Bertz CT molecular complexity index is 728. The second kappa shape index (κ2) is 9.09. The fourth-order valence-electron chi connectivity index (χ4n) is 3.34. The number of hydrogen-bond donors (Lipinski definition) is 1. The smallest absolute Gasteiger partial charge is 0.310 e. The summed E-state index contributed by atoms with van der Waals surface area (Å²) in [6.07, 6.45) is 3.80. The van der Waals surface area contributed by atoms with E-state index in [1.807, 2.05) is 18.2 Å². The van der Waals surface area contributed by atoms with E-state index in [-0.39, 0.29) is 30.3 Å². The highest BCUT2D eigenvalue weighted by Crippen LogP contribution is 2.41. The minimum Gasteiger partial charge on any atom is -0.455 e. The quantitative estimate of drug-likeness (QED) is 0.594. The molecule has 1 heterocycles. The molecule has 1 N–H and O–H groups in total. The Morgan fingerprint density at radius 3 is 2.88 bits per heavy atom. The van der Waals surface area contributed by atoms with Crippen molar-refractivity contribution in [2.75, 3.05) is 26.9 Å². The Kier molecular flexibility index (Phi) is 6.57. The van der Waals surface area contributed by atoms with Gasteiger partial charge in [-0.25, -0.2) is 4.98 Å². The molecule has 1 aliphatic rings. The number of esters is 1. The number of carbonyl (C=O) groups excluding carboxylic acids is 2. The van der Waals surface area contributed by atoms with E-state index in [1.165, 1.54) is 0 Å². The number of nitrogens with one attached hydrogen (secondary N) is 1. The molecule has 1 amide bonds. The third-order valence-electron chi connectivity index (χ3n) is 4.67. The van der Waals surface area contributed by atoms with Gasteiger partial charge < -0.3 is 14.8 Å². The molecule has 7 heteroatoms. The highest BCUT2D eigenvalue weighted by molar-refractivity contribution is 7.18. The Morgan fingerprint density at radius 1 is 1.27 bits per heavy atom. The van der Waals surface area contributed by atoms with Crippen molar-refractivity contribution in [2.45, 2.75) is 31.6 Å². The van der Waals surface area contributed by atoms with Crippen LogP contribution in [0.5, 0.6) is 0 Å². The Labute approximate surface area is 156 Å². The summed E-state index contributed by atoms with van der Waals surface area (Å²) in [4.78, 5) is 29.0. The Morgan fingerprint density at radius 2 is 2.08 bits per heavy atom. The van der Waals surface area contributed by atoms with Gasteiger partial charge in [-0.3, -0.25) is 9.59 Å². The standard InChI is InChI=1S/C19H24N2O4S/c1-24-11-10-20-17(22)12-25-19(23)14-7-3-2-6-13(14)18-21-15-8-4-5-9-16(15)26-18/h4-5,8-9,13-14H,2-3,6-7,10-12H2,1H3,(H,20,22)/t13-,14-/m1/s1. The van der Waals surface area contributed by atoms with Crippen molar-refractivity contribution < 1.29 is 19.1 Å². The third kappa shape index (κ3) is 4.59. The molecule has 2 aromatic rings. The van der Waals surface area contributed by atoms with E-state index in [0.717, 1.165) is 40.9 Å². The van der Waals surface area contributed by atoms with E-state index in [2.05, 4.69) is 11.4 Å². The van der Waals surface area contributed by atoms with Gasteiger partial charge in [-0.1, -0.05) is 25.0 Å². The van der Waals surface area contributed by atoms with Gasteiger partial charge in [-0.05, 0) is 25.0 Å². The predicted molar refractivity (Wildman–Crippen MR) is 100 cm³/mol. The maximum Gasteiger partial charge on any atom is 0.310 e. The fourth-order valence-corrected chi connectivity index (χ4v) is 4.51. The first-order valence-corrected chi connectivity index (χ1v) is 9.78. The van der Waals surface area contributed by atoms with Gasteiger partial charge in [-0.2, -0.15) is 0 Å². The maximum atomic E-state index is 12.6. The molecule has 0 aliphatic heterocycles. The summed E-state index contributed by atoms with van der Waals surface area (Å²) in [6, 6.07) is 8.02. The van der Waals surface area contributed by atoms with E-state index in [1.54, 1.807) is 18.4 Å². The second-order valence-electron chi connectivity index (χ2n) is 6.47. The van der Waals surface area contributed by atoms with Gasteiger partial charge in [0, 0.05) is 19.6 Å².